The highest BCUT2D eigenvalue weighted by atomic mass is 35.5. The minimum atomic E-state index is 0. The molecule has 0 bridgehead atoms. The van der Waals surface area contributed by atoms with E-state index >= 15 is 0 Å². The molecule has 0 aromatic carbocycles. The van der Waals surface area contributed by atoms with Gasteiger partial charge in [0.05, 0.1) is 0 Å². The molecule has 0 saturated carbocycles. The molecule has 1 atom stereocenters. The van der Waals surface area contributed by atoms with Crippen LogP contribution in [-0.4, -0.2) is 50.1 Å². The average molecular weight is 326 g/mol. The molecule has 20 heavy (non-hydrogen) atoms. The van der Waals surface area contributed by atoms with Gasteiger partial charge in [0.25, 0.3) is 0 Å². The summed E-state index contributed by atoms with van der Waals surface area (Å²) in [6.07, 6.45) is 6.63. The molecule has 1 unspecified atom stereocenters. The van der Waals surface area contributed by atoms with Gasteiger partial charge in [-0.15, -0.1) is 24.8 Å². The Kier molecular flexibility index (Phi) is 10.6. The number of hydrogen-bond acceptors (Lipinski definition) is 3. The van der Waals surface area contributed by atoms with E-state index in [1.807, 2.05) is 0 Å². The zero-order valence-corrected chi connectivity index (χ0v) is 14.0. The van der Waals surface area contributed by atoms with Crippen molar-refractivity contribution < 1.29 is 4.79 Å². The molecule has 2 aliphatic heterocycles. The van der Waals surface area contributed by atoms with Crippen molar-refractivity contribution in [3.8, 4) is 0 Å². The van der Waals surface area contributed by atoms with E-state index in [0.717, 1.165) is 19.5 Å². The smallest absolute Gasteiger partial charge is 0.220 e. The van der Waals surface area contributed by atoms with Crippen LogP contribution in [0.3, 0.4) is 0 Å². The summed E-state index contributed by atoms with van der Waals surface area (Å²) >= 11 is 0. The highest BCUT2D eigenvalue weighted by Crippen LogP contribution is 2.15. The summed E-state index contributed by atoms with van der Waals surface area (Å²) in [6, 6.07) is 0.582. The second-order valence-corrected chi connectivity index (χ2v) is 5.88. The summed E-state index contributed by atoms with van der Waals surface area (Å²) in [5.74, 6) is 0.928. The molecular weight excluding hydrogens is 297 g/mol. The molecule has 2 saturated heterocycles. The molecule has 2 N–H and O–H groups in total. The van der Waals surface area contributed by atoms with E-state index in [4.69, 9.17) is 0 Å². The van der Waals surface area contributed by atoms with Crippen LogP contribution in [0.4, 0.5) is 0 Å². The first-order valence-electron chi connectivity index (χ1n) is 7.42. The van der Waals surface area contributed by atoms with E-state index in [0.29, 0.717) is 18.4 Å². The molecule has 1 amide bonds. The van der Waals surface area contributed by atoms with Crippen LogP contribution >= 0.6 is 24.8 Å². The molecule has 0 aliphatic carbocycles. The molecule has 2 aliphatic rings. The third-order valence-corrected chi connectivity index (χ3v) is 4.31. The number of nitrogens with one attached hydrogen (secondary N) is 2. The number of nitrogens with zero attached hydrogens (tertiary/aromatic N) is 1. The lowest BCUT2D eigenvalue weighted by atomic mass is 9.97. The van der Waals surface area contributed by atoms with E-state index in [-0.39, 0.29) is 30.7 Å². The minimum Gasteiger partial charge on any atom is -0.356 e. The van der Waals surface area contributed by atoms with Crippen molar-refractivity contribution in [3.63, 3.8) is 0 Å². The second-order valence-electron chi connectivity index (χ2n) is 5.88. The SMILES string of the molecule is CN1CCC(CNC(=O)CCC2CCCN2)CC1.Cl.Cl. The average Bonchev–Trinajstić information content (AvgIpc) is 2.89. The van der Waals surface area contributed by atoms with Gasteiger partial charge >= 0.3 is 0 Å². The van der Waals surface area contributed by atoms with Crippen molar-refractivity contribution in [2.75, 3.05) is 33.2 Å². The normalized spacial score (nSPS) is 23.8. The maximum absolute atomic E-state index is 11.8. The predicted molar refractivity (Wildman–Crippen MR) is 88.0 cm³/mol. The lowest BCUT2D eigenvalue weighted by Gasteiger charge is -2.28. The van der Waals surface area contributed by atoms with E-state index in [1.165, 1.54) is 38.8 Å². The summed E-state index contributed by atoms with van der Waals surface area (Å²) < 4.78 is 0. The number of piperidine rings is 1. The zero-order valence-electron chi connectivity index (χ0n) is 12.4. The fourth-order valence-electron chi connectivity index (χ4n) is 2.92. The number of likely N-dealkylation sites (tertiary alicyclic amines) is 1. The van der Waals surface area contributed by atoms with Crippen molar-refractivity contribution in [2.45, 2.75) is 44.6 Å². The van der Waals surface area contributed by atoms with Crippen LogP contribution in [0.5, 0.6) is 0 Å². The number of carbonyl (C=O) groups excluding carboxylic acids is 1. The molecule has 6 heteroatoms. The van der Waals surface area contributed by atoms with Crippen LogP contribution in [0.15, 0.2) is 0 Å². The van der Waals surface area contributed by atoms with Crippen molar-refractivity contribution in [1.29, 1.82) is 0 Å². The van der Waals surface area contributed by atoms with Crippen molar-refractivity contribution in [2.24, 2.45) is 5.92 Å². The van der Waals surface area contributed by atoms with Crippen molar-refractivity contribution in [1.82, 2.24) is 15.5 Å². The summed E-state index contributed by atoms with van der Waals surface area (Å²) in [6.45, 7) is 4.35. The van der Waals surface area contributed by atoms with E-state index in [9.17, 15) is 4.79 Å². The van der Waals surface area contributed by atoms with Crippen LogP contribution in [0.2, 0.25) is 0 Å². The molecule has 0 radical (unpaired) electrons. The fourth-order valence-corrected chi connectivity index (χ4v) is 2.92. The Morgan fingerprint density at radius 3 is 2.55 bits per heavy atom. The Morgan fingerprint density at radius 1 is 1.25 bits per heavy atom. The molecule has 0 spiro atoms. The van der Waals surface area contributed by atoms with Crippen LogP contribution in [0.25, 0.3) is 0 Å². The van der Waals surface area contributed by atoms with Gasteiger partial charge in [0.2, 0.25) is 5.91 Å². The summed E-state index contributed by atoms with van der Waals surface area (Å²) in [5, 5.41) is 6.54. The number of halogens is 2. The van der Waals surface area contributed by atoms with Crippen LogP contribution in [0.1, 0.15) is 38.5 Å². The molecule has 0 aromatic rings. The molecule has 4 nitrogen and oxygen atoms in total. The first-order valence-corrected chi connectivity index (χ1v) is 7.42. The summed E-state index contributed by atoms with van der Waals surface area (Å²) in [5.41, 5.74) is 0. The second kappa shape index (κ2) is 10.7. The fraction of sp³-hybridized carbons (Fsp3) is 0.929. The van der Waals surface area contributed by atoms with Crippen molar-refractivity contribution >= 4 is 30.7 Å². The largest absolute Gasteiger partial charge is 0.356 e. The summed E-state index contributed by atoms with van der Waals surface area (Å²) in [4.78, 5) is 14.1. The maximum Gasteiger partial charge on any atom is 0.220 e. The van der Waals surface area contributed by atoms with E-state index < -0.39 is 0 Å². The maximum atomic E-state index is 11.8. The van der Waals surface area contributed by atoms with Gasteiger partial charge in [0.1, 0.15) is 0 Å². The van der Waals surface area contributed by atoms with Gasteiger partial charge in [-0.25, -0.2) is 0 Å². The lowest BCUT2D eigenvalue weighted by Crippen LogP contribution is -2.37. The van der Waals surface area contributed by atoms with Crippen LogP contribution < -0.4 is 10.6 Å². The molecule has 0 aromatic heterocycles. The number of rotatable bonds is 5. The quantitative estimate of drug-likeness (QED) is 0.810. The highest BCUT2D eigenvalue weighted by molar-refractivity contribution is 5.85. The molecule has 2 fully saturated rings. The van der Waals surface area contributed by atoms with E-state index in [1.54, 1.807) is 0 Å². The van der Waals surface area contributed by atoms with Gasteiger partial charge in [0.15, 0.2) is 0 Å². The Labute approximate surface area is 135 Å². The number of carbonyl (C=O) groups is 1. The van der Waals surface area contributed by atoms with Crippen molar-refractivity contribution in [3.05, 3.63) is 0 Å². The zero-order chi connectivity index (χ0) is 12.8. The van der Waals surface area contributed by atoms with E-state index in [2.05, 4.69) is 22.6 Å². The van der Waals surface area contributed by atoms with Gasteiger partial charge in [-0.3, -0.25) is 4.79 Å². The van der Waals surface area contributed by atoms with Crippen LogP contribution in [-0.2, 0) is 4.79 Å². The van der Waals surface area contributed by atoms with Gasteiger partial charge < -0.3 is 15.5 Å². The first kappa shape index (κ1) is 20.0. The van der Waals surface area contributed by atoms with Crippen LogP contribution in [0, 0.1) is 5.92 Å². The number of hydrogen-bond donors (Lipinski definition) is 2. The van der Waals surface area contributed by atoms with Gasteiger partial charge in [-0.2, -0.15) is 0 Å². The topological polar surface area (TPSA) is 44.4 Å². The molecular formula is C14H29Cl2N3O. The molecule has 120 valence electrons. The van der Waals surface area contributed by atoms with Gasteiger partial charge in [0, 0.05) is 19.0 Å². The summed E-state index contributed by atoms with van der Waals surface area (Å²) in [7, 11) is 2.17. The molecule has 2 heterocycles. The Hall–Kier alpha value is -0.0300. The first-order chi connectivity index (χ1) is 8.74. The Balaban J connectivity index is 0.00000180. The Morgan fingerprint density at radius 2 is 1.95 bits per heavy atom. The lowest BCUT2D eigenvalue weighted by molar-refractivity contribution is -0.121. The minimum absolute atomic E-state index is 0. The number of amides is 1. The third kappa shape index (κ3) is 7.11. The predicted octanol–water partition coefficient (Wildman–Crippen LogP) is 1.82. The van der Waals surface area contributed by atoms with Gasteiger partial charge in [-0.1, -0.05) is 0 Å². The third-order valence-electron chi connectivity index (χ3n) is 4.31. The highest BCUT2D eigenvalue weighted by Gasteiger charge is 2.18. The molecule has 2 rings (SSSR count). The standard InChI is InChI=1S/C14H27N3O.2ClH/c1-17-9-6-12(7-10-17)11-16-14(18)5-4-13-3-2-8-15-13;;/h12-13,15H,2-11H2,1H3,(H,16,18);2*1H. The Bertz CT molecular complexity index is 265. The van der Waals surface area contributed by atoms with Gasteiger partial charge in [-0.05, 0) is 64.7 Å². The monoisotopic (exact) mass is 325 g/mol.